The highest BCUT2D eigenvalue weighted by Crippen LogP contribution is 2.29. The summed E-state index contributed by atoms with van der Waals surface area (Å²) in [5.74, 6) is -0.0684. The van der Waals surface area contributed by atoms with Crippen LogP contribution in [0.4, 0.5) is 13.2 Å². The Morgan fingerprint density at radius 3 is 2.87 bits per heavy atom. The number of thioether (sulfide) groups is 1. The maximum Gasteiger partial charge on any atom is 0.455 e. The third-order valence-corrected chi connectivity index (χ3v) is 4.58. The maximum atomic E-state index is 12.4. The van der Waals surface area contributed by atoms with Gasteiger partial charge in [0.2, 0.25) is 5.89 Å². The summed E-state index contributed by atoms with van der Waals surface area (Å²) in [5.41, 5.74) is 0. The van der Waals surface area contributed by atoms with Gasteiger partial charge in [-0.1, -0.05) is 16.9 Å². The van der Waals surface area contributed by atoms with E-state index < -0.39 is 12.0 Å². The molecule has 126 valence electrons. The Morgan fingerprint density at radius 2 is 2.22 bits per heavy atom. The summed E-state index contributed by atoms with van der Waals surface area (Å²) in [7, 11) is 1.85. The topological polar surface area (TPSA) is 81.7 Å². The molecule has 23 heavy (non-hydrogen) atoms. The van der Waals surface area contributed by atoms with E-state index in [2.05, 4.69) is 30.2 Å². The van der Waals surface area contributed by atoms with Crippen molar-refractivity contribution in [2.75, 3.05) is 13.1 Å². The molecular formula is C12H15F3N6OS. The standard InChI is InChI=1S/C12H15F3N6OS/c1-21-9(7-3-2-4-16-5-7)18-19-11(21)23-6-8-17-10(20-22-8)12(13,14)15/h7,16H,2-6H2,1H3/t7-/m0/s1. The third kappa shape index (κ3) is 3.66. The second kappa shape index (κ2) is 6.48. The van der Waals surface area contributed by atoms with Gasteiger partial charge in [0.15, 0.2) is 5.16 Å². The first-order valence-corrected chi connectivity index (χ1v) is 8.06. The molecule has 1 aliphatic heterocycles. The normalized spacial score (nSPS) is 19.2. The number of halogens is 3. The number of hydrogen-bond donors (Lipinski definition) is 1. The van der Waals surface area contributed by atoms with Crippen LogP contribution in [-0.2, 0) is 19.0 Å². The largest absolute Gasteiger partial charge is 0.455 e. The molecule has 0 radical (unpaired) electrons. The molecule has 7 nitrogen and oxygen atoms in total. The van der Waals surface area contributed by atoms with Crippen LogP contribution in [0.1, 0.15) is 36.3 Å². The van der Waals surface area contributed by atoms with Crippen LogP contribution in [0.15, 0.2) is 9.68 Å². The van der Waals surface area contributed by atoms with Gasteiger partial charge < -0.3 is 14.4 Å². The van der Waals surface area contributed by atoms with E-state index in [1.165, 1.54) is 11.8 Å². The van der Waals surface area contributed by atoms with Crippen molar-refractivity contribution < 1.29 is 17.7 Å². The number of aromatic nitrogens is 5. The van der Waals surface area contributed by atoms with Gasteiger partial charge in [-0.2, -0.15) is 18.2 Å². The molecule has 1 atom stereocenters. The van der Waals surface area contributed by atoms with Crippen molar-refractivity contribution in [2.24, 2.45) is 7.05 Å². The predicted octanol–water partition coefficient (Wildman–Crippen LogP) is 1.98. The highest BCUT2D eigenvalue weighted by molar-refractivity contribution is 7.98. The molecule has 1 N–H and O–H groups in total. The molecule has 3 rings (SSSR count). The number of rotatable bonds is 4. The monoisotopic (exact) mass is 348 g/mol. The average molecular weight is 348 g/mol. The lowest BCUT2D eigenvalue weighted by atomic mass is 9.99. The number of alkyl halides is 3. The predicted molar refractivity (Wildman–Crippen MR) is 74.7 cm³/mol. The average Bonchev–Trinajstić information content (AvgIpc) is 3.13. The van der Waals surface area contributed by atoms with Crippen molar-refractivity contribution in [2.45, 2.75) is 35.8 Å². The number of nitrogens with zero attached hydrogens (tertiary/aromatic N) is 5. The molecule has 1 saturated heterocycles. The molecule has 0 aromatic carbocycles. The Bertz CT molecular complexity index is 664. The lowest BCUT2D eigenvalue weighted by Gasteiger charge is -2.21. The zero-order chi connectivity index (χ0) is 16.4. The first-order chi connectivity index (χ1) is 10.9. The fourth-order valence-corrected chi connectivity index (χ4v) is 3.19. The molecule has 0 unspecified atom stereocenters. The highest BCUT2D eigenvalue weighted by Gasteiger charge is 2.37. The van der Waals surface area contributed by atoms with Gasteiger partial charge >= 0.3 is 6.18 Å². The summed E-state index contributed by atoms with van der Waals surface area (Å²) in [6, 6.07) is 0. The molecule has 1 fully saturated rings. The minimum absolute atomic E-state index is 0.0915. The van der Waals surface area contributed by atoms with Gasteiger partial charge in [-0.15, -0.1) is 10.2 Å². The van der Waals surface area contributed by atoms with Crippen LogP contribution in [0.25, 0.3) is 0 Å². The van der Waals surface area contributed by atoms with Crippen molar-refractivity contribution >= 4 is 11.8 Å². The summed E-state index contributed by atoms with van der Waals surface area (Å²) in [4.78, 5) is 3.33. The van der Waals surface area contributed by atoms with Crippen molar-refractivity contribution in [3.8, 4) is 0 Å². The lowest BCUT2D eigenvalue weighted by Crippen LogP contribution is -2.29. The minimum atomic E-state index is -4.60. The third-order valence-electron chi connectivity index (χ3n) is 3.58. The van der Waals surface area contributed by atoms with E-state index in [0.717, 1.165) is 31.8 Å². The first-order valence-electron chi connectivity index (χ1n) is 7.07. The Hall–Kier alpha value is -1.62. The highest BCUT2D eigenvalue weighted by atomic mass is 32.2. The van der Waals surface area contributed by atoms with E-state index >= 15 is 0 Å². The van der Waals surface area contributed by atoms with Crippen molar-refractivity contribution in [1.29, 1.82) is 0 Å². The van der Waals surface area contributed by atoms with Gasteiger partial charge in [0, 0.05) is 19.5 Å². The lowest BCUT2D eigenvalue weighted by molar-refractivity contribution is -0.146. The van der Waals surface area contributed by atoms with Gasteiger partial charge in [-0.25, -0.2) is 0 Å². The van der Waals surface area contributed by atoms with E-state index in [-0.39, 0.29) is 11.6 Å². The zero-order valence-electron chi connectivity index (χ0n) is 12.3. The first kappa shape index (κ1) is 16.2. The Morgan fingerprint density at radius 1 is 1.39 bits per heavy atom. The molecule has 3 heterocycles. The minimum Gasteiger partial charge on any atom is -0.338 e. The molecule has 0 spiro atoms. The molecule has 1 aliphatic rings. The Kier molecular flexibility index (Phi) is 4.57. The van der Waals surface area contributed by atoms with Gasteiger partial charge in [0.1, 0.15) is 5.82 Å². The van der Waals surface area contributed by atoms with E-state index in [1.54, 1.807) is 0 Å². The van der Waals surface area contributed by atoms with E-state index in [4.69, 9.17) is 0 Å². The summed E-state index contributed by atoms with van der Waals surface area (Å²) < 4.78 is 43.7. The SMILES string of the molecule is Cn1c(SCc2nc(C(F)(F)F)no2)nnc1[C@H]1CCCNC1. The Labute approximate surface area is 134 Å². The zero-order valence-corrected chi connectivity index (χ0v) is 13.1. The molecule has 11 heteroatoms. The van der Waals surface area contributed by atoms with Crippen LogP contribution in [0.5, 0.6) is 0 Å². The second-order valence-electron chi connectivity index (χ2n) is 5.24. The number of piperidine rings is 1. The van der Waals surface area contributed by atoms with Crippen LogP contribution >= 0.6 is 11.8 Å². The van der Waals surface area contributed by atoms with Crippen molar-refractivity contribution in [3.05, 3.63) is 17.5 Å². The van der Waals surface area contributed by atoms with Crippen LogP contribution in [0, 0.1) is 0 Å². The van der Waals surface area contributed by atoms with E-state index in [0.29, 0.717) is 11.1 Å². The fraction of sp³-hybridized carbons (Fsp3) is 0.667. The van der Waals surface area contributed by atoms with Crippen LogP contribution in [0.2, 0.25) is 0 Å². The molecule has 0 bridgehead atoms. The van der Waals surface area contributed by atoms with Crippen LogP contribution in [-0.4, -0.2) is 38.0 Å². The van der Waals surface area contributed by atoms with Gasteiger partial charge in [-0.05, 0) is 19.4 Å². The fourth-order valence-electron chi connectivity index (χ4n) is 2.43. The molecule has 0 aliphatic carbocycles. The second-order valence-corrected chi connectivity index (χ2v) is 6.18. The van der Waals surface area contributed by atoms with Crippen molar-refractivity contribution in [3.63, 3.8) is 0 Å². The summed E-state index contributed by atoms with van der Waals surface area (Å²) in [6.07, 6.45) is -2.47. The maximum absolute atomic E-state index is 12.4. The van der Waals surface area contributed by atoms with Crippen LogP contribution < -0.4 is 5.32 Å². The summed E-state index contributed by atoms with van der Waals surface area (Å²) in [5, 5.41) is 15.1. The molecule has 0 saturated carbocycles. The molecule has 0 amide bonds. The quantitative estimate of drug-likeness (QED) is 0.846. The smallest absolute Gasteiger partial charge is 0.338 e. The van der Waals surface area contributed by atoms with Crippen LogP contribution in [0.3, 0.4) is 0 Å². The summed E-state index contributed by atoms with van der Waals surface area (Å²) >= 11 is 1.21. The van der Waals surface area contributed by atoms with Gasteiger partial charge in [-0.3, -0.25) is 0 Å². The molecular weight excluding hydrogens is 333 g/mol. The molecule has 2 aromatic rings. The number of hydrogen-bond acceptors (Lipinski definition) is 7. The number of nitrogens with one attached hydrogen (secondary N) is 1. The van der Waals surface area contributed by atoms with Gasteiger partial charge in [0.05, 0.1) is 5.75 Å². The molecule has 2 aromatic heterocycles. The van der Waals surface area contributed by atoms with E-state index in [9.17, 15) is 13.2 Å². The summed E-state index contributed by atoms with van der Waals surface area (Å²) in [6.45, 7) is 1.86. The van der Waals surface area contributed by atoms with Crippen molar-refractivity contribution in [1.82, 2.24) is 30.2 Å². The Balaban J connectivity index is 1.64. The van der Waals surface area contributed by atoms with E-state index in [1.807, 2.05) is 11.6 Å². The van der Waals surface area contributed by atoms with Gasteiger partial charge in [0.25, 0.3) is 5.82 Å².